The predicted octanol–water partition coefficient (Wildman–Crippen LogP) is 2.74. The summed E-state index contributed by atoms with van der Waals surface area (Å²) in [6, 6.07) is 4.66. The van der Waals surface area contributed by atoms with E-state index in [9.17, 15) is 4.79 Å². The molecular weight excluding hydrogens is 270 g/mol. The van der Waals surface area contributed by atoms with Gasteiger partial charge in [0, 0.05) is 0 Å². The van der Waals surface area contributed by atoms with Gasteiger partial charge in [-0.05, 0) is 30.7 Å². The van der Waals surface area contributed by atoms with Crippen LogP contribution >= 0.6 is 11.6 Å². The highest BCUT2D eigenvalue weighted by molar-refractivity contribution is 6.32. The average molecular weight is 282 g/mol. The molecule has 0 spiro atoms. The van der Waals surface area contributed by atoms with Crippen LogP contribution in [0, 0.1) is 11.3 Å². The van der Waals surface area contributed by atoms with Crippen LogP contribution in [-0.2, 0) is 4.79 Å². The lowest BCUT2D eigenvalue weighted by Crippen LogP contribution is -1.99. The molecule has 1 aromatic carbocycles. The summed E-state index contributed by atoms with van der Waals surface area (Å²) >= 11 is 6.03. The van der Waals surface area contributed by atoms with E-state index < -0.39 is 5.97 Å². The third kappa shape index (κ3) is 3.63. The number of halogens is 1. The Morgan fingerprint density at radius 3 is 2.74 bits per heavy atom. The zero-order chi connectivity index (χ0) is 14.4. The molecule has 5 nitrogen and oxygen atoms in total. The van der Waals surface area contributed by atoms with Gasteiger partial charge in [0.1, 0.15) is 11.6 Å². The smallest absolute Gasteiger partial charge is 0.346 e. The molecule has 0 heterocycles. The first-order chi connectivity index (χ1) is 9.03. The molecule has 0 amide bonds. The Balaban J connectivity index is 3.30. The molecule has 0 aliphatic rings. The van der Waals surface area contributed by atoms with Crippen LogP contribution in [0.2, 0.25) is 5.02 Å². The van der Waals surface area contributed by atoms with Gasteiger partial charge in [-0.1, -0.05) is 11.6 Å². The summed E-state index contributed by atoms with van der Waals surface area (Å²) in [6.45, 7) is 2.23. The number of nitriles is 1. The van der Waals surface area contributed by atoms with Crippen molar-refractivity contribution in [3.05, 3.63) is 28.3 Å². The summed E-state index contributed by atoms with van der Waals surface area (Å²) in [5.74, 6) is -0.535. The molecule has 0 aliphatic carbocycles. The van der Waals surface area contributed by atoms with Gasteiger partial charge in [0.25, 0.3) is 0 Å². The number of methoxy groups -OCH3 is 1. The fraction of sp³-hybridized carbons (Fsp3) is 0.231. The van der Waals surface area contributed by atoms with E-state index in [2.05, 4.69) is 0 Å². The lowest BCUT2D eigenvalue weighted by atomic mass is 10.1. The maximum atomic E-state index is 10.8. The van der Waals surface area contributed by atoms with Crippen LogP contribution < -0.4 is 9.47 Å². The maximum absolute atomic E-state index is 10.8. The van der Waals surface area contributed by atoms with Gasteiger partial charge in [-0.2, -0.15) is 5.26 Å². The summed E-state index contributed by atoms with van der Waals surface area (Å²) in [7, 11) is 1.45. The molecule has 1 aromatic rings. The van der Waals surface area contributed by atoms with Gasteiger partial charge in [-0.15, -0.1) is 0 Å². The highest BCUT2D eigenvalue weighted by Crippen LogP contribution is 2.36. The molecule has 0 unspecified atom stereocenters. The Morgan fingerprint density at radius 1 is 1.58 bits per heavy atom. The molecule has 0 aromatic heterocycles. The third-order valence-corrected chi connectivity index (χ3v) is 2.48. The molecule has 0 bridgehead atoms. The van der Waals surface area contributed by atoms with Crippen molar-refractivity contribution in [3.63, 3.8) is 0 Å². The molecule has 1 rings (SSSR count). The van der Waals surface area contributed by atoms with Gasteiger partial charge in [-0.25, -0.2) is 4.79 Å². The molecule has 0 radical (unpaired) electrons. The van der Waals surface area contributed by atoms with Crippen molar-refractivity contribution in [2.45, 2.75) is 6.92 Å². The number of aliphatic carboxylic acids is 1. The van der Waals surface area contributed by atoms with E-state index in [1.165, 1.54) is 19.3 Å². The summed E-state index contributed by atoms with van der Waals surface area (Å²) in [5, 5.41) is 17.8. The number of rotatable bonds is 5. The van der Waals surface area contributed by atoms with Gasteiger partial charge >= 0.3 is 5.97 Å². The first-order valence-corrected chi connectivity index (χ1v) is 5.76. The van der Waals surface area contributed by atoms with Crippen LogP contribution in [0.3, 0.4) is 0 Å². The second kappa shape index (κ2) is 6.66. The lowest BCUT2D eigenvalue weighted by Gasteiger charge is -2.11. The van der Waals surface area contributed by atoms with Crippen LogP contribution in [0.15, 0.2) is 17.7 Å². The first kappa shape index (κ1) is 14.9. The Labute approximate surface area is 115 Å². The van der Waals surface area contributed by atoms with E-state index >= 15 is 0 Å². The van der Waals surface area contributed by atoms with Crippen molar-refractivity contribution in [1.29, 1.82) is 5.26 Å². The molecular formula is C13H12ClNO4. The minimum absolute atomic E-state index is 0.287. The second-order valence-electron chi connectivity index (χ2n) is 3.44. The predicted molar refractivity (Wildman–Crippen MR) is 70.4 cm³/mol. The molecule has 1 N–H and O–H groups in total. The topological polar surface area (TPSA) is 79.5 Å². The number of nitrogens with zero attached hydrogens (tertiary/aromatic N) is 1. The fourth-order valence-corrected chi connectivity index (χ4v) is 1.69. The zero-order valence-corrected chi connectivity index (χ0v) is 11.2. The van der Waals surface area contributed by atoms with E-state index in [-0.39, 0.29) is 10.6 Å². The Hall–Kier alpha value is -2.19. The van der Waals surface area contributed by atoms with Crippen LogP contribution in [0.5, 0.6) is 11.5 Å². The van der Waals surface area contributed by atoms with Crippen molar-refractivity contribution in [2.24, 2.45) is 0 Å². The summed E-state index contributed by atoms with van der Waals surface area (Å²) in [4.78, 5) is 10.8. The standard InChI is InChI=1S/C13H12ClNO4/c1-3-19-12-10(14)5-8(6-11(12)18-2)4-9(7-15)13(16)17/h4-6H,3H2,1-2H3,(H,16,17)/b9-4+. The minimum atomic E-state index is -1.30. The Kier molecular flexibility index (Phi) is 5.22. The van der Waals surface area contributed by atoms with Crippen LogP contribution in [-0.4, -0.2) is 24.8 Å². The molecule has 0 atom stereocenters. The van der Waals surface area contributed by atoms with Crippen molar-refractivity contribution < 1.29 is 19.4 Å². The van der Waals surface area contributed by atoms with E-state index in [0.29, 0.717) is 23.7 Å². The molecule has 19 heavy (non-hydrogen) atoms. The minimum Gasteiger partial charge on any atom is -0.493 e. The van der Waals surface area contributed by atoms with Gasteiger partial charge in [0.15, 0.2) is 11.5 Å². The van der Waals surface area contributed by atoms with Gasteiger partial charge in [0.05, 0.1) is 18.7 Å². The van der Waals surface area contributed by atoms with Gasteiger partial charge in [0.2, 0.25) is 0 Å². The summed E-state index contributed by atoms with van der Waals surface area (Å²) in [6.07, 6.45) is 1.21. The second-order valence-corrected chi connectivity index (χ2v) is 3.85. The highest BCUT2D eigenvalue weighted by Gasteiger charge is 2.12. The average Bonchev–Trinajstić information content (AvgIpc) is 2.38. The molecule has 0 fully saturated rings. The van der Waals surface area contributed by atoms with Crippen molar-refractivity contribution >= 4 is 23.6 Å². The molecule has 0 saturated heterocycles. The quantitative estimate of drug-likeness (QED) is 0.663. The number of benzene rings is 1. The number of carboxylic acid groups (broad SMARTS) is 1. The lowest BCUT2D eigenvalue weighted by molar-refractivity contribution is -0.132. The largest absolute Gasteiger partial charge is 0.493 e. The fourth-order valence-electron chi connectivity index (χ4n) is 1.42. The van der Waals surface area contributed by atoms with E-state index in [4.69, 9.17) is 31.4 Å². The Morgan fingerprint density at radius 2 is 2.26 bits per heavy atom. The number of ether oxygens (including phenoxy) is 2. The summed E-state index contributed by atoms with van der Waals surface area (Å²) < 4.78 is 10.5. The van der Waals surface area contributed by atoms with E-state index in [1.807, 2.05) is 6.92 Å². The summed E-state index contributed by atoms with van der Waals surface area (Å²) in [5.41, 5.74) is 0.0616. The zero-order valence-electron chi connectivity index (χ0n) is 10.4. The SMILES string of the molecule is CCOc1c(Cl)cc(/C=C(\C#N)C(=O)O)cc1OC. The van der Waals surface area contributed by atoms with Crippen LogP contribution in [0.1, 0.15) is 12.5 Å². The van der Waals surface area contributed by atoms with Gasteiger partial charge in [-0.3, -0.25) is 0 Å². The van der Waals surface area contributed by atoms with Crippen LogP contribution in [0.4, 0.5) is 0 Å². The van der Waals surface area contributed by atoms with Gasteiger partial charge < -0.3 is 14.6 Å². The third-order valence-electron chi connectivity index (χ3n) is 2.20. The highest BCUT2D eigenvalue weighted by atomic mass is 35.5. The maximum Gasteiger partial charge on any atom is 0.346 e. The number of hydrogen-bond acceptors (Lipinski definition) is 4. The molecule has 6 heteroatoms. The number of carboxylic acids is 1. The first-order valence-electron chi connectivity index (χ1n) is 5.38. The molecule has 0 saturated carbocycles. The number of hydrogen-bond donors (Lipinski definition) is 1. The number of carbonyl (C=O) groups is 1. The van der Waals surface area contributed by atoms with Crippen LogP contribution in [0.25, 0.3) is 6.08 Å². The Bertz CT molecular complexity index is 560. The molecule has 0 aliphatic heterocycles. The van der Waals surface area contributed by atoms with E-state index in [0.717, 1.165) is 0 Å². The monoisotopic (exact) mass is 281 g/mol. The van der Waals surface area contributed by atoms with Crippen molar-refractivity contribution in [3.8, 4) is 17.6 Å². The van der Waals surface area contributed by atoms with Crippen molar-refractivity contribution in [2.75, 3.05) is 13.7 Å². The van der Waals surface area contributed by atoms with Crippen molar-refractivity contribution in [1.82, 2.24) is 0 Å². The van der Waals surface area contributed by atoms with E-state index in [1.54, 1.807) is 12.1 Å². The normalized spacial score (nSPS) is 10.7. The molecule has 100 valence electrons.